The summed E-state index contributed by atoms with van der Waals surface area (Å²) < 4.78 is 0. The second kappa shape index (κ2) is 4.43. The van der Waals surface area contributed by atoms with Crippen molar-refractivity contribution in [1.82, 2.24) is 9.88 Å². The minimum Gasteiger partial charge on any atom is -0.339 e. The summed E-state index contributed by atoms with van der Waals surface area (Å²) in [7, 11) is 0. The van der Waals surface area contributed by atoms with E-state index in [1.54, 1.807) is 18.3 Å². The smallest absolute Gasteiger partial charge is 0.255 e. The van der Waals surface area contributed by atoms with Gasteiger partial charge in [-0.2, -0.15) is 0 Å². The van der Waals surface area contributed by atoms with Crippen LogP contribution in [0.2, 0.25) is 0 Å². The lowest BCUT2D eigenvalue weighted by molar-refractivity contribution is 0.0697. The summed E-state index contributed by atoms with van der Waals surface area (Å²) in [5.74, 6) is 0.847. The molecule has 1 fully saturated rings. The number of rotatable bonds is 1. The van der Waals surface area contributed by atoms with Crippen LogP contribution in [0.4, 0.5) is 0 Å². The predicted octanol–water partition coefficient (Wildman–Crippen LogP) is 1.75. The van der Waals surface area contributed by atoms with Gasteiger partial charge in [-0.05, 0) is 30.9 Å². The van der Waals surface area contributed by atoms with E-state index in [0.29, 0.717) is 5.56 Å². The molecule has 1 saturated heterocycles. The molecule has 2 rings (SSSR count). The number of carbonyl (C=O) groups excluding carboxylic acids is 1. The minimum absolute atomic E-state index is 0.100. The van der Waals surface area contributed by atoms with Crippen LogP contribution < -0.4 is 0 Å². The van der Waals surface area contributed by atoms with Gasteiger partial charge in [-0.1, -0.05) is 6.92 Å². The number of piperidine rings is 1. The summed E-state index contributed by atoms with van der Waals surface area (Å²) in [5.41, 5.74) is 0.670. The Morgan fingerprint density at radius 1 is 1.53 bits per heavy atom. The lowest BCUT2D eigenvalue weighted by atomic mass is 9.99. The van der Waals surface area contributed by atoms with E-state index in [1.165, 1.54) is 0 Å². The summed E-state index contributed by atoms with van der Waals surface area (Å²) in [6.07, 6.45) is 6.48. The third kappa shape index (κ3) is 2.35. The van der Waals surface area contributed by atoms with Gasteiger partial charge in [0.25, 0.3) is 5.91 Å². The van der Waals surface area contributed by atoms with Crippen molar-refractivity contribution in [1.29, 1.82) is 0 Å². The Morgan fingerprint density at radius 2 is 2.27 bits per heavy atom. The number of hydrogen-bond acceptors (Lipinski definition) is 2. The molecule has 1 amide bonds. The number of likely N-dealkylation sites (tertiary alicyclic amines) is 1. The van der Waals surface area contributed by atoms with Gasteiger partial charge in [0.15, 0.2) is 0 Å². The van der Waals surface area contributed by atoms with E-state index in [9.17, 15) is 4.79 Å². The van der Waals surface area contributed by atoms with Gasteiger partial charge < -0.3 is 4.90 Å². The zero-order valence-corrected chi connectivity index (χ0v) is 8.94. The predicted molar refractivity (Wildman–Crippen MR) is 57.4 cm³/mol. The second-order valence-corrected chi connectivity index (χ2v) is 4.15. The lowest BCUT2D eigenvalue weighted by Gasteiger charge is -2.30. The summed E-state index contributed by atoms with van der Waals surface area (Å²) in [4.78, 5) is 17.7. The Morgan fingerprint density at radius 3 is 2.87 bits per heavy atom. The number of pyridine rings is 1. The van der Waals surface area contributed by atoms with Crippen LogP contribution in [-0.4, -0.2) is 28.9 Å². The molecule has 1 radical (unpaired) electrons. The summed E-state index contributed by atoms with van der Waals surface area (Å²) in [6.45, 7) is 3.98. The summed E-state index contributed by atoms with van der Waals surface area (Å²) >= 11 is 0. The zero-order chi connectivity index (χ0) is 10.7. The van der Waals surface area contributed by atoms with Crippen molar-refractivity contribution in [2.45, 2.75) is 19.8 Å². The molecule has 1 aromatic heterocycles. The summed E-state index contributed by atoms with van der Waals surface area (Å²) in [5, 5.41) is 0. The fraction of sp³-hybridized carbons (Fsp3) is 0.500. The fourth-order valence-corrected chi connectivity index (χ4v) is 1.84. The maximum absolute atomic E-state index is 12.0. The average Bonchev–Trinajstić information content (AvgIpc) is 2.30. The fourth-order valence-electron chi connectivity index (χ4n) is 1.84. The standard InChI is InChI=1S/C12H15N2O/c1-10-4-7-14(8-5-10)12(15)11-3-2-6-13-9-11/h2-3,9-10H,4-5,7-8H2,1H3. The lowest BCUT2D eigenvalue weighted by Crippen LogP contribution is -2.37. The van der Waals surface area contributed by atoms with Crippen LogP contribution >= 0.6 is 0 Å². The quantitative estimate of drug-likeness (QED) is 0.696. The molecule has 0 spiro atoms. The normalized spacial score (nSPS) is 17.8. The van der Waals surface area contributed by atoms with Crippen LogP contribution in [0.5, 0.6) is 0 Å². The van der Waals surface area contributed by atoms with E-state index in [-0.39, 0.29) is 5.91 Å². The Labute approximate surface area is 90.1 Å². The molecule has 0 aromatic carbocycles. The number of nitrogens with zero attached hydrogens (tertiary/aromatic N) is 2. The van der Waals surface area contributed by atoms with Crippen LogP contribution in [-0.2, 0) is 0 Å². The molecule has 0 saturated carbocycles. The SMILES string of the molecule is CC1CCN(C(=O)c2cc[c]nc2)CC1. The first-order valence-electron chi connectivity index (χ1n) is 5.39. The van der Waals surface area contributed by atoms with Gasteiger partial charge in [0.1, 0.15) is 0 Å². The molecular formula is C12H15N2O. The molecule has 3 nitrogen and oxygen atoms in total. The van der Waals surface area contributed by atoms with E-state index in [1.807, 2.05) is 4.90 Å². The molecule has 2 heterocycles. The molecule has 1 aromatic rings. The Hall–Kier alpha value is -1.38. The van der Waals surface area contributed by atoms with Crippen LogP contribution in [0.3, 0.4) is 0 Å². The van der Waals surface area contributed by atoms with Gasteiger partial charge in [0.05, 0.1) is 11.8 Å². The van der Waals surface area contributed by atoms with Crippen LogP contribution in [0, 0.1) is 12.1 Å². The van der Waals surface area contributed by atoms with Crippen LogP contribution in [0.15, 0.2) is 18.3 Å². The topological polar surface area (TPSA) is 33.2 Å². The van der Waals surface area contributed by atoms with E-state index in [2.05, 4.69) is 18.1 Å². The number of amides is 1. The van der Waals surface area contributed by atoms with Crippen molar-refractivity contribution < 1.29 is 4.79 Å². The molecule has 0 unspecified atom stereocenters. The van der Waals surface area contributed by atoms with Crippen LogP contribution in [0.1, 0.15) is 30.1 Å². The van der Waals surface area contributed by atoms with Crippen molar-refractivity contribution in [3.63, 3.8) is 0 Å². The third-order valence-electron chi connectivity index (χ3n) is 2.93. The van der Waals surface area contributed by atoms with E-state index < -0.39 is 0 Å². The maximum atomic E-state index is 12.0. The Bertz CT molecular complexity index is 329. The highest BCUT2D eigenvalue weighted by Crippen LogP contribution is 2.17. The van der Waals surface area contributed by atoms with Crippen molar-refractivity contribution >= 4 is 5.91 Å². The van der Waals surface area contributed by atoms with Gasteiger partial charge in [-0.3, -0.25) is 9.78 Å². The highest BCUT2D eigenvalue weighted by molar-refractivity contribution is 5.93. The summed E-state index contributed by atoms with van der Waals surface area (Å²) in [6, 6.07) is 3.45. The third-order valence-corrected chi connectivity index (χ3v) is 2.93. The van der Waals surface area contributed by atoms with Gasteiger partial charge >= 0.3 is 0 Å². The van der Waals surface area contributed by atoms with Crippen molar-refractivity contribution in [2.75, 3.05) is 13.1 Å². The van der Waals surface area contributed by atoms with E-state index >= 15 is 0 Å². The van der Waals surface area contributed by atoms with Crippen molar-refractivity contribution in [3.8, 4) is 0 Å². The van der Waals surface area contributed by atoms with E-state index in [4.69, 9.17) is 0 Å². The number of carbonyl (C=O) groups is 1. The number of hydrogen-bond donors (Lipinski definition) is 0. The number of aromatic nitrogens is 1. The first-order chi connectivity index (χ1) is 7.27. The zero-order valence-electron chi connectivity index (χ0n) is 8.94. The first-order valence-corrected chi connectivity index (χ1v) is 5.39. The second-order valence-electron chi connectivity index (χ2n) is 4.15. The molecule has 1 aliphatic heterocycles. The minimum atomic E-state index is 0.100. The van der Waals surface area contributed by atoms with Gasteiger partial charge in [-0.25, -0.2) is 0 Å². The first kappa shape index (κ1) is 10.1. The molecular weight excluding hydrogens is 188 g/mol. The molecule has 0 N–H and O–H groups in total. The van der Waals surface area contributed by atoms with Gasteiger partial charge in [-0.15, -0.1) is 0 Å². The van der Waals surface area contributed by atoms with Gasteiger partial charge in [0.2, 0.25) is 0 Å². The van der Waals surface area contributed by atoms with Gasteiger partial charge in [0, 0.05) is 19.3 Å². The molecule has 79 valence electrons. The van der Waals surface area contributed by atoms with E-state index in [0.717, 1.165) is 31.8 Å². The molecule has 0 aliphatic carbocycles. The largest absolute Gasteiger partial charge is 0.339 e. The highest BCUT2D eigenvalue weighted by Gasteiger charge is 2.21. The monoisotopic (exact) mass is 203 g/mol. The molecule has 3 heteroatoms. The molecule has 0 bridgehead atoms. The molecule has 15 heavy (non-hydrogen) atoms. The Kier molecular flexibility index (Phi) is 2.99. The highest BCUT2D eigenvalue weighted by atomic mass is 16.2. The maximum Gasteiger partial charge on any atom is 0.255 e. The molecule has 0 atom stereocenters. The van der Waals surface area contributed by atoms with Crippen molar-refractivity contribution in [3.05, 3.63) is 30.1 Å². The Balaban J connectivity index is 2.03. The van der Waals surface area contributed by atoms with Crippen molar-refractivity contribution in [2.24, 2.45) is 5.92 Å². The average molecular weight is 203 g/mol. The molecule has 1 aliphatic rings. The van der Waals surface area contributed by atoms with Crippen LogP contribution in [0.25, 0.3) is 0 Å².